The Morgan fingerprint density at radius 1 is 1.23 bits per heavy atom. The third-order valence-corrected chi connectivity index (χ3v) is 3.69. The average Bonchev–Trinajstić information content (AvgIpc) is 2.44. The highest BCUT2D eigenvalue weighted by atomic mass is 35.5. The molecule has 0 aromatic rings. The topological polar surface area (TPSA) is 43.7 Å². The Hall–Kier alpha value is 0.460. The van der Waals surface area contributed by atoms with E-state index >= 15 is 0 Å². The maximum absolute atomic E-state index is 9.27. The summed E-state index contributed by atoms with van der Waals surface area (Å²) in [5, 5.41) is 18.5. The molecule has 2 fully saturated rings. The molecule has 2 rings (SSSR count). The molecule has 1 aliphatic heterocycles. The van der Waals surface area contributed by atoms with Crippen molar-refractivity contribution >= 4 is 23.2 Å². The van der Waals surface area contributed by atoms with Gasteiger partial charge in [-0.05, 0) is 6.42 Å². The van der Waals surface area contributed by atoms with Crippen LogP contribution in [0.4, 0.5) is 0 Å². The van der Waals surface area contributed by atoms with Gasteiger partial charge >= 0.3 is 0 Å². The molecule has 3 atom stereocenters. The van der Waals surface area contributed by atoms with Crippen molar-refractivity contribution in [3.63, 3.8) is 0 Å². The molecule has 0 bridgehead atoms. The molecule has 76 valence electrons. The normalized spacial score (nSPS) is 43.8. The van der Waals surface area contributed by atoms with Crippen molar-refractivity contribution < 1.29 is 10.2 Å². The van der Waals surface area contributed by atoms with E-state index in [4.69, 9.17) is 23.2 Å². The van der Waals surface area contributed by atoms with Crippen molar-refractivity contribution in [2.45, 2.75) is 23.0 Å². The lowest BCUT2D eigenvalue weighted by molar-refractivity contribution is 0.0572. The molecular formula is C8H13Cl2NO2. The number of rotatable bonds is 2. The van der Waals surface area contributed by atoms with E-state index in [0.717, 1.165) is 13.0 Å². The van der Waals surface area contributed by atoms with Crippen molar-refractivity contribution in [2.24, 2.45) is 5.92 Å². The Kier molecular flexibility index (Phi) is 2.49. The molecule has 5 heteroatoms. The Balaban J connectivity index is 1.79. The summed E-state index contributed by atoms with van der Waals surface area (Å²) < 4.78 is -0.557. The molecule has 0 aromatic carbocycles. The average molecular weight is 226 g/mol. The van der Waals surface area contributed by atoms with Gasteiger partial charge in [-0.3, -0.25) is 4.90 Å². The standard InChI is InChI=1S/C8H13Cl2NO2/c9-8(10)1-5(8)2-11-3-6(12)7(13)4-11/h5-7,12-13H,1-4H2/t5?,6-,7+. The number of alkyl halides is 2. The summed E-state index contributed by atoms with van der Waals surface area (Å²) in [6.45, 7) is 1.84. The van der Waals surface area contributed by atoms with E-state index in [1.165, 1.54) is 0 Å². The minimum absolute atomic E-state index is 0.299. The van der Waals surface area contributed by atoms with Gasteiger partial charge in [0.25, 0.3) is 0 Å². The molecular weight excluding hydrogens is 213 g/mol. The fourth-order valence-electron chi connectivity index (χ4n) is 1.78. The van der Waals surface area contributed by atoms with Gasteiger partial charge in [0.05, 0.1) is 12.2 Å². The van der Waals surface area contributed by atoms with Crippen LogP contribution in [-0.2, 0) is 0 Å². The first-order chi connectivity index (χ1) is 5.99. The second-order valence-corrected chi connectivity index (χ2v) is 5.56. The van der Waals surface area contributed by atoms with Crippen molar-refractivity contribution in [3.05, 3.63) is 0 Å². The van der Waals surface area contributed by atoms with Gasteiger partial charge in [-0.15, -0.1) is 23.2 Å². The number of hydrogen-bond acceptors (Lipinski definition) is 3. The lowest BCUT2D eigenvalue weighted by atomic mass is 10.3. The predicted octanol–water partition coefficient (Wildman–Crippen LogP) is 0.218. The predicted molar refractivity (Wildman–Crippen MR) is 51.0 cm³/mol. The van der Waals surface area contributed by atoms with Crippen LogP contribution >= 0.6 is 23.2 Å². The molecule has 2 aliphatic rings. The van der Waals surface area contributed by atoms with Gasteiger partial charge in [-0.2, -0.15) is 0 Å². The van der Waals surface area contributed by atoms with E-state index < -0.39 is 16.5 Å². The van der Waals surface area contributed by atoms with Gasteiger partial charge in [0, 0.05) is 25.6 Å². The maximum atomic E-state index is 9.27. The lowest BCUT2D eigenvalue weighted by Gasteiger charge is -2.14. The Morgan fingerprint density at radius 3 is 2.08 bits per heavy atom. The van der Waals surface area contributed by atoms with Crippen molar-refractivity contribution in [2.75, 3.05) is 19.6 Å². The van der Waals surface area contributed by atoms with Crippen LogP contribution in [0, 0.1) is 5.92 Å². The number of halogens is 2. The fourth-order valence-corrected chi connectivity index (χ4v) is 2.29. The van der Waals surface area contributed by atoms with E-state index in [-0.39, 0.29) is 0 Å². The van der Waals surface area contributed by atoms with Crippen LogP contribution in [0.2, 0.25) is 0 Å². The molecule has 1 saturated heterocycles. The highest BCUT2D eigenvalue weighted by molar-refractivity contribution is 6.50. The SMILES string of the molecule is O[C@@H]1CN(CC2CC2(Cl)Cl)C[C@@H]1O. The summed E-state index contributed by atoms with van der Waals surface area (Å²) in [5.41, 5.74) is 0. The smallest absolute Gasteiger partial charge is 0.122 e. The first-order valence-electron chi connectivity index (χ1n) is 4.45. The number of hydrogen-bond donors (Lipinski definition) is 2. The maximum Gasteiger partial charge on any atom is 0.122 e. The molecule has 13 heavy (non-hydrogen) atoms. The minimum atomic E-state index is -0.612. The van der Waals surface area contributed by atoms with E-state index in [2.05, 4.69) is 0 Å². The van der Waals surface area contributed by atoms with Crippen LogP contribution in [-0.4, -0.2) is 51.3 Å². The molecule has 0 radical (unpaired) electrons. The second kappa shape index (κ2) is 3.24. The number of likely N-dealkylation sites (tertiary alicyclic amines) is 1. The van der Waals surface area contributed by atoms with Gasteiger partial charge in [0.15, 0.2) is 0 Å². The summed E-state index contributed by atoms with van der Waals surface area (Å²) in [6.07, 6.45) is -0.406. The van der Waals surface area contributed by atoms with Crippen LogP contribution in [0.1, 0.15) is 6.42 Å². The Morgan fingerprint density at radius 2 is 1.69 bits per heavy atom. The van der Waals surface area contributed by atoms with Gasteiger partial charge < -0.3 is 10.2 Å². The monoisotopic (exact) mass is 225 g/mol. The molecule has 0 spiro atoms. The van der Waals surface area contributed by atoms with Crippen LogP contribution in [0.15, 0.2) is 0 Å². The van der Waals surface area contributed by atoms with Crippen molar-refractivity contribution in [1.29, 1.82) is 0 Å². The zero-order valence-corrected chi connectivity index (χ0v) is 8.67. The summed E-state index contributed by atoms with van der Waals surface area (Å²) in [4.78, 5) is 2.01. The second-order valence-electron chi connectivity index (χ2n) is 4.02. The molecule has 0 aromatic heterocycles. The molecule has 2 N–H and O–H groups in total. The molecule has 1 aliphatic carbocycles. The number of aliphatic hydroxyl groups is 2. The van der Waals surface area contributed by atoms with Crippen LogP contribution in [0.5, 0.6) is 0 Å². The fraction of sp³-hybridized carbons (Fsp3) is 1.00. The van der Waals surface area contributed by atoms with Gasteiger partial charge in [0.1, 0.15) is 4.33 Å². The first-order valence-corrected chi connectivity index (χ1v) is 5.21. The molecule has 1 unspecified atom stereocenters. The molecule has 1 heterocycles. The zero-order valence-electron chi connectivity index (χ0n) is 7.16. The number of β-amino-alcohol motifs (C(OH)–C–C–N with tert-alkyl or cyclic N) is 2. The van der Waals surface area contributed by atoms with E-state index in [9.17, 15) is 10.2 Å². The van der Waals surface area contributed by atoms with Gasteiger partial charge in [0.2, 0.25) is 0 Å². The lowest BCUT2D eigenvalue weighted by Crippen LogP contribution is -2.25. The first kappa shape index (κ1) is 9.99. The summed E-state index contributed by atoms with van der Waals surface area (Å²) in [7, 11) is 0. The van der Waals surface area contributed by atoms with Crippen molar-refractivity contribution in [1.82, 2.24) is 4.90 Å². The third-order valence-electron chi connectivity index (χ3n) is 2.77. The highest BCUT2D eigenvalue weighted by Gasteiger charge is 2.52. The zero-order chi connectivity index (χ0) is 9.64. The summed E-state index contributed by atoms with van der Waals surface area (Å²) in [6, 6.07) is 0. The summed E-state index contributed by atoms with van der Waals surface area (Å²) in [5.74, 6) is 0.299. The van der Waals surface area contributed by atoms with Crippen molar-refractivity contribution in [3.8, 4) is 0 Å². The Bertz CT molecular complexity index is 202. The third kappa shape index (κ3) is 2.10. The quantitative estimate of drug-likeness (QED) is 0.662. The highest BCUT2D eigenvalue weighted by Crippen LogP contribution is 2.53. The Labute approximate surface area is 87.2 Å². The largest absolute Gasteiger partial charge is 0.389 e. The van der Waals surface area contributed by atoms with Crippen LogP contribution in [0.3, 0.4) is 0 Å². The molecule has 0 amide bonds. The van der Waals surface area contributed by atoms with E-state index in [1.807, 2.05) is 4.90 Å². The van der Waals surface area contributed by atoms with Gasteiger partial charge in [-0.25, -0.2) is 0 Å². The van der Waals surface area contributed by atoms with E-state index in [0.29, 0.717) is 19.0 Å². The molecule has 1 saturated carbocycles. The minimum Gasteiger partial charge on any atom is -0.389 e. The van der Waals surface area contributed by atoms with Gasteiger partial charge in [-0.1, -0.05) is 0 Å². The van der Waals surface area contributed by atoms with Crippen LogP contribution in [0.25, 0.3) is 0 Å². The molecule has 3 nitrogen and oxygen atoms in total. The number of nitrogens with zero attached hydrogens (tertiary/aromatic N) is 1. The van der Waals surface area contributed by atoms with Crippen LogP contribution < -0.4 is 0 Å². The van der Waals surface area contributed by atoms with E-state index in [1.54, 1.807) is 0 Å². The number of aliphatic hydroxyl groups excluding tert-OH is 2. The summed E-state index contributed by atoms with van der Waals surface area (Å²) >= 11 is 11.7.